The van der Waals surface area contributed by atoms with Crippen molar-refractivity contribution in [2.45, 2.75) is 26.2 Å². The van der Waals surface area contributed by atoms with E-state index in [1.807, 2.05) is 43.3 Å². The highest BCUT2D eigenvalue weighted by molar-refractivity contribution is 6.01. The highest BCUT2D eigenvalue weighted by Gasteiger charge is 2.18. The topological polar surface area (TPSA) is 111 Å². The molecule has 0 saturated carbocycles. The van der Waals surface area contributed by atoms with E-state index in [4.69, 9.17) is 0 Å². The molecule has 1 amide bonds. The number of carbonyl (C=O) groups excluding carboxylic acids is 1. The van der Waals surface area contributed by atoms with Crippen LogP contribution < -0.4 is 10.6 Å². The predicted octanol–water partition coefficient (Wildman–Crippen LogP) is 6.61. The first-order valence-corrected chi connectivity index (χ1v) is 14.2. The lowest BCUT2D eigenvalue weighted by Crippen LogP contribution is -2.30. The summed E-state index contributed by atoms with van der Waals surface area (Å²) in [5.41, 5.74) is 8.20. The Morgan fingerprint density at radius 3 is 2.64 bits per heavy atom. The number of benzene rings is 2. The zero-order chi connectivity index (χ0) is 28.6. The van der Waals surface area contributed by atoms with E-state index in [2.05, 4.69) is 41.8 Å². The smallest absolute Gasteiger partial charge is 0.224 e. The van der Waals surface area contributed by atoms with Gasteiger partial charge in [0.25, 0.3) is 0 Å². The zero-order valence-electron chi connectivity index (χ0n) is 23.2. The molecule has 0 aliphatic carbocycles. The van der Waals surface area contributed by atoms with Gasteiger partial charge < -0.3 is 15.6 Å². The number of hydrogen-bond acceptors (Lipinski definition) is 5. The molecule has 0 radical (unpaired) electrons. The number of nitrogens with one attached hydrogen (secondary N) is 4. The number of anilines is 1. The molecule has 0 bridgehead atoms. The minimum absolute atomic E-state index is 0.0227. The van der Waals surface area contributed by atoms with Crippen LogP contribution in [-0.2, 0) is 4.79 Å². The van der Waals surface area contributed by atoms with Crippen molar-refractivity contribution < 1.29 is 9.18 Å². The largest absolute Gasteiger partial charge is 0.353 e. The van der Waals surface area contributed by atoms with E-state index < -0.39 is 0 Å². The number of carbonyl (C=O) groups is 1. The molecule has 4 aromatic heterocycles. The minimum Gasteiger partial charge on any atom is -0.353 e. The van der Waals surface area contributed by atoms with E-state index in [0.29, 0.717) is 23.7 Å². The van der Waals surface area contributed by atoms with Crippen molar-refractivity contribution in [1.82, 2.24) is 30.5 Å². The van der Waals surface area contributed by atoms with Gasteiger partial charge in [0, 0.05) is 46.2 Å². The molecule has 1 aliphatic heterocycles. The Balaban J connectivity index is 1.20. The second-order valence-electron chi connectivity index (χ2n) is 11.1. The van der Waals surface area contributed by atoms with Crippen molar-refractivity contribution in [3.8, 4) is 33.8 Å². The maximum absolute atomic E-state index is 14.2. The molecule has 0 spiro atoms. The summed E-state index contributed by atoms with van der Waals surface area (Å²) in [5.74, 6) is 0.151. The van der Waals surface area contributed by atoms with Gasteiger partial charge in [0.2, 0.25) is 5.91 Å². The standard InChI is InChI=1S/C33H30FN7O/c1-19-10-22(13-24(34)11-19)32-27-16-30(39-28(27)6-9-37-32)33-26-15-21(2-3-29(26)40-41-33)23-14-25(18-36-17-23)38-31(42)12-20-4-7-35-8-5-20/h2-3,6,9-11,13-18,20,35,39H,4-5,7-8,12H2,1H3,(H,38,42)(H,40,41). The monoisotopic (exact) mass is 559 g/mol. The number of aromatic amines is 2. The van der Waals surface area contributed by atoms with Crippen LogP contribution in [0.5, 0.6) is 0 Å². The van der Waals surface area contributed by atoms with Gasteiger partial charge in [-0.15, -0.1) is 0 Å². The van der Waals surface area contributed by atoms with Crippen molar-refractivity contribution in [3.05, 3.63) is 84.6 Å². The Hall–Kier alpha value is -4.89. The number of amides is 1. The fourth-order valence-corrected chi connectivity index (χ4v) is 5.91. The number of pyridine rings is 2. The lowest BCUT2D eigenvalue weighted by Gasteiger charge is -2.21. The molecule has 7 rings (SSSR count). The third-order valence-electron chi connectivity index (χ3n) is 7.97. The normalized spacial score (nSPS) is 14.0. The highest BCUT2D eigenvalue weighted by atomic mass is 19.1. The van der Waals surface area contributed by atoms with Crippen LogP contribution in [0.25, 0.3) is 55.6 Å². The number of piperidine rings is 1. The molecule has 42 heavy (non-hydrogen) atoms. The molecule has 2 aromatic carbocycles. The third kappa shape index (κ3) is 5.14. The first kappa shape index (κ1) is 26.0. The molecule has 9 heteroatoms. The molecule has 0 unspecified atom stereocenters. The van der Waals surface area contributed by atoms with Gasteiger partial charge >= 0.3 is 0 Å². The number of fused-ring (bicyclic) bond motifs is 2. The summed E-state index contributed by atoms with van der Waals surface area (Å²) in [4.78, 5) is 25.1. The van der Waals surface area contributed by atoms with Crippen LogP contribution in [0.1, 0.15) is 24.8 Å². The quantitative estimate of drug-likeness (QED) is 0.184. The zero-order valence-corrected chi connectivity index (χ0v) is 23.2. The van der Waals surface area contributed by atoms with Crippen LogP contribution in [0, 0.1) is 18.7 Å². The van der Waals surface area contributed by atoms with E-state index >= 15 is 0 Å². The number of nitrogens with zero attached hydrogens (tertiary/aromatic N) is 3. The Labute approximate surface area is 241 Å². The fraction of sp³-hybridized carbons (Fsp3) is 0.212. The predicted molar refractivity (Wildman–Crippen MR) is 163 cm³/mol. The Morgan fingerprint density at radius 2 is 1.79 bits per heavy atom. The Morgan fingerprint density at radius 1 is 0.929 bits per heavy atom. The highest BCUT2D eigenvalue weighted by Crippen LogP contribution is 2.35. The lowest BCUT2D eigenvalue weighted by atomic mass is 9.94. The van der Waals surface area contributed by atoms with Gasteiger partial charge in [0.05, 0.1) is 28.8 Å². The molecule has 1 aliphatic rings. The molecular formula is C33H30FN7O. The first-order valence-electron chi connectivity index (χ1n) is 14.2. The van der Waals surface area contributed by atoms with Crippen LogP contribution in [0.3, 0.4) is 0 Å². The van der Waals surface area contributed by atoms with Crippen LogP contribution in [0.2, 0.25) is 0 Å². The molecule has 1 saturated heterocycles. The molecule has 0 atom stereocenters. The van der Waals surface area contributed by atoms with Crippen molar-refractivity contribution in [2.75, 3.05) is 18.4 Å². The number of aromatic nitrogens is 5. The Kier molecular flexibility index (Phi) is 6.71. The third-order valence-corrected chi connectivity index (χ3v) is 7.97. The first-order chi connectivity index (χ1) is 20.5. The minimum atomic E-state index is -0.287. The molecule has 6 aromatic rings. The molecule has 210 valence electrons. The van der Waals surface area contributed by atoms with Crippen molar-refractivity contribution >= 4 is 33.4 Å². The van der Waals surface area contributed by atoms with Crippen molar-refractivity contribution in [2.24, 2.45) is 5.92 Å². The molecule has 5 heterocycles. The fourth-order valence-electron chi connectivity index (χ4n) is 5.91. The second kappa shape index (κ2) is 10.8. The maximum atomic E-state index is 14.2. The van der Waals surface area contributed by atoms with E-state index in [0.717, 1.165) is 81.4 Å². The number of halogens is 1. The molecule has 4 N–H and O–H groups in total. The van der Waals surface area contributed by atoms with Gasteiger partial charge in [-0.3, -0.25) is 19.9 Å². The summed E-state index contributed by atoms with van der Waals surface area (Å²) < 4.78 is 14.2. The van der Waals surface area contributed by atoms with Gasteiger partial charge in [-0.25, -0.2) is 4.39 Å². The van der Waals surface area contributed by atoms with Crippen LogP contribution in [0.15, 0.2) is 73.2 Å². The van der Waals surface area contributed by atoms with Gasteiger partial charge in [-0.2, -0.15) is 5.10 Å². The number of aryl methyl sites for hydroxylation is 1. The van der Waals surface area contributed by atoms with Crippen LogP contribution in [0.4, 0.5) is 10.1 Å². The Bertz CT molecular complexity index is 1920. The number of rotatable bonds is 6. The van der Waals surface area contributed by atoms with E-state index in [-0.39, 0.29) is 11.7 Å². The summed E-state index contributed by atoms with van der Waals surface area (Å²) in [5, 5.41) is 16.0. The van der Waals surface area contributed by atoms with E-state index in [1.54, 1.807) is 18.6 Å². The SMILES string of the molecule is Cc1cc(F)cc(-c2nccc3[nH]c(-c4n[nH]c5ccc(-c6cncc(NC(=O)CC7CCNCC7)c6)cc45)cc23)c1. The average molecular weight is 560 g/mol. The summed E-state index contributed by atoms with van der Waals surface area (Å²) in [6.07, 6.45) is 7.78. The summed E-state index contributed by atoms with van der Waals surface area (Å²) in [6.45, 7) is 3.81. The number of H-pyrrole nitrogens is 2. The average Bonchev–Trinajstić information content (AvgIpc) is 3.61. The van der Waals surface area contributed by atoms with Gasteiger partial charge in [0.15, 0.2) is 0 Å². The maximum Gasteiger partial charge on any atom is 0.224 e. The van der Waals surface area contributed by atoms with Crippen molar-refractivity contribution in [3.63, 3.8) is 0 Å². The van der Waals surface area contributed by atoms with E-state index in [9.17, 15) is 9.18 Å². The van der Waals surface area contributed by atoms with Crippen molar-refractivity contribution in [1.29, 1.82) is 0 Å². The van der Waals surface area contributed by atoms with Gasteiger partial charge in [-0.1, -0.05) is 6.07 Å². The van der Waals surface area contributed by atoms with Crippen LogP contribution >= 0.6 is 0 Å². The second-order valence-corrected chi connectivity index (χ2v) is 11.1. The van der Waals surface area contributed by atoms with Gasteiger partial charge in [0.1, 0.15) is 11.5 Å². The van der Waals surface area contributed by atoms with Crippen LogP contribution in [-0.4, -0.2) is 44.1 Å². The summed E-state index contributed by atoms with van der Waals surface area (Å²) in [7, 11) is 0. The molecule has 1 fully saturated rings. The number of hydrogen-bond donors (Lipinski definition) is 4. The summed E-state index contributed by atoms with van der Waals surface area (Å²) in [6, 6.07) is 16.9. The molecular weight excluding hydrogens is 529 g/mol. The molecule has 8 nitrogen and oxygen atoms in total. The lowest BCUT2D eigenvalue weighted by molar-refractivity contribution is -0.117. The summed E-state index contributed by atoms with van der Waals surface area (Å²) >= 11 is 0. The van der Waals surface area contributed by atoms with Gasteiger partial charge in [-0.05, 0) is 98.4 Å². The van der Waals surface area contributed by atoms with E-state index in [1.165, 1.54) is 12.1 Å².